The van der Waals surface area contributed by atoms with Crippen LogP contribution in [0, 0.1) is 5.92 Å². The maximum absolute atomic E-state index is 13.3. The molecule has 1 aromatic carbocycles. The summed E-state index contributed by atoms with van der Waals surface area (Å²) in [6, 6.07) is 4.14. The molecule has 0 aliphatic heterocycles. The van der Waals surface area contributed by atoms with Crippen molar-refractivity contribution in [1.82, 2.24) is 21.3 Å². The van der Waals surface area contributed by atoms with Crippen LogP contribution in [0.1, 0.15) is 86.1 Å². The summed E-state index contributed by atoms with van der Waals surface area (Å²) < 4.78 is 10.8. The number of carbonyl (C=O) groups is 5. The average Bonchev–Trinajstić information content (AvgIpc) is 2.99. The summed E-state index contributed by atoms with van der Waals surface area (Å²) in [5, 5.41) is 13.1. The third-order valence-corrected chi connectivity index (χ3v) is 6.59. The summed E-state index contributed by atoms with van der Waals surface area (Å²) in [4.78, 5) is 61.6. The second-order valence-electron chi connectivity index (χ2n) is 11.8. The first kappa shape index (κ1) is 42.1. The first-order valence-corrected chi connectivity index (χ1v) is 15.9. The van der Waals surface area contributed by atoms with Crippen LogP contribution >= 0.6 is 0 Å². The van der Waals surface area contributed by atoms with E-state index in [4.69, 9.17) is 20.9 Å². The van der Waals surface area contributed by atoms with Crippen LogP contribution in [-0.4, -0.2) is 73.8 Å². The van der Waals surface area contributed by atoms with E-state index in [2.05, 4.69) is 26.6 Å². The molecule has 0 radical (unpaired) electrons. The van der Waals surface area contributed by atoms with E-state index < -0.39 is 36.0 Å². The van der Waals surface area contributed by atoms with Crippen molar-refractivity contribution in [2.45, 2.75) is 111 Å². The highest BCUT2D eigenvalue weighted by molar-refractivity contribution is 5.98. The molecular formula is C32H57N7O7. The zero-order valence-corrected chi connectivity index (χ0v) is 28.8. The van der Waals surface area contributed by atoms with E-state index in [1.54, 1.807) is 38.1 Å². The molecule has 6 amide bonds. The van der Waals surface area contributed by atoms with Gasteiger partial charge in [0, 0.05) is 37.8 Å². The topological polar surface area (TPSA) is 216 Å². The van der Waals surface area contributed by atoms with E-state index in [0.717, 1.165) is 0 Å². The van der Waals surface area contributed by atoms with E-state index in [1.165, 1.54) is 7.05 Å². The van der Waals surface area contributed by atoms with Gasteiger partial charge < -0.3 is 47.5 Å². The number of nitrogens with two attached hydrogens (primary N) is 2. The molecule has 14 nitrogen and oxygen atoms in total. The second kappa shape index (κ2) is 22.6. The van der Waals surface area contributed by atoms with Gasteiger partial charge in [0.25, 0.3) is 0 Å². The van der Waals surface area contributed by atoms with Gasteiger partial charge in [0.05, 0.1) is 6.10 Å². The van der Waals surface area contributed by atoms with Gasteiger partial charge in [-0.2, -0.15) is 0 Å². The molecule has 14 heteroatoms. The number of carbonyl (C=O) groups excluding carboxylic acids is 5. The predicted octanol–water partition coefficient (Wildman–Crippen LogP) is 2.89. The van der Waals surface area contributed by atoms with Crippen LogP contribution in [0.2, 0.25) is 0 Å². The molecule has 9 N–H and O–H groups in total. The number of nitrogens with one attached hydrogen (secondary N) is 5. The Morgan fingerprint density at radius 1 is 0.935 bits per heavy atom. The van der Waals surface area contributed by atoms with Crippen molar-refractivity contribution < 1.29 is 33.4 Å². The molecule has 0 aromatic heterocycles. The predicted molar refractivity (Wildman–Crippen MR) is 179 cm³/mol. The van der Waals surface area contributed by atoms with Crippen molar-refractivity contribution in [3.8, 4) is 0 Å². The molecule has 0 heterocycles. The number of amides is 6. The Morgan fingerprint density at radius 2 is 1.57 bits per heavy atom. The summed E-state index contributed by atoms with van der Waals surface area (Å²) >= 11 is 0. The van der Waals surface area contributed by atoms with Crippen LogP contribution in [-0.2, 0) is 30.5 Å². The lowest BCUT2D eigenvalue weighted by atomic mass is 10.0. The number of primary amides is 1. The van der Waals surface area contributed by atoms with Gasteiger partial charge in [-0.3, -0.25) is 14.4 Å². The SMILES string of the molecule is CC.CNC(=O)OCc1ccc(NC(=O)C(CCCNC(N)=O)NC(=O)C(NC(=O)CCC(C)OCCC(C)(C)N)C(C)C)cc1. The van der Waals surface area contributed by atoms with Crippen molar-refractivity contribution in [1.29, 1.82) is 0 Å². The van der Waals surface area contributed by atoms with Gasteiger partial charge in [0.2, 0.25) is 17.7 Å². The van der Waals surface area contributed by atoms with Crippen LogP contribution in [0.15, 0.2) is 24.3 Å². The smallest absolute Gasteiger partial charge is 0.407 e. The molecule has 0 bridgehead atoms. The number of anilines is 1. The van der Waals surface area contributed by atoms with Crippen LogP contribution < -0.4 is 38.1 Å². The van der Waals surface area contributed by atoms with Gasteiger partial charge in [-0.05, 0) is 70.1 Å². The lowest BCUT2D eigenvalue weighted by Crippen LogP contribution is -2.54. The molecule has 262 valence electrons. The van der Waals surface area contributed by atoms with Crippen molar-refractivity contribution in [3.63, 3.8) is 0 Å². The van der Waals surface area contributed by atoms with Gasteiger partial charge in [0.1, 0.15) is 18.7 Å². The number of urea groups is 1. The normalized spacial score (nSPS) is 12.8. The largest absolute Gasteiger partial charge is 0.445 e. The Kier molecular flexibility index (Phi) is 20.7. The highest BCUT2D eigenvalue weighted by atomic mass is 16.5. The summed E-state index contributed by atoms with van der Waals surface area (Å²) in [6.07, 6.45) is 1.15. The summed E-state index contributed by atoms with van der Waals surface area (Å²) in [5.41, 5.74) is 11.9. The monoisotopic (exact) mass is 651 g/mol. The molecule has 0 saturated heterocycles. The van der Waals surface area contributed by atoms with Gasteiger partial charge in [-0.15, -0.1) is 0 Å². The fourth-order valence-electron chi connectivity index (χ4n) is 3.90. The maximum Gasteiger partial charge on any atom is 0.407 e. The minimum Gasteiger partial charge on any atom is -0.445 e. The van der Waals surface area contributed by atoms with E-state index in [-0.39, 0.29) is 49.5 Å². The number of ether oxygens (including phenoxy) is 2. The Bertz CT molecular complexity index is 1080. The molecule has 0 fully saturated rings. The minimum absolute atomic E-state index is 0.0559. The molecule has 0 spiro atoms. The minimum atomic E-state index is -0.966. The van der Waals surface area contributed by atoms with Gasteiger partial charge >= 0.3 is 12.1 Å². The lowest BCUT2D eigenvalue weighted by Gasteiger charge is -2.26. The summed E-state index contributed by atoms with van der Waals surface area (Å²) in [5.74, 6) is -1.55. The van der Waals surface area contributed by atoms with Crippen LogP contribution in [0.5, 0.6) is 0 Å². The highest BCUT2D eigenvalue weighted by Gasteiger charge is 2.29. The van der Waals surface area contributed by atoms with E-state index >= 15 is 0 Å². The van der Waals surface area contributed by atoms with Crippen molar-refractivity contribution in [2.24, 2.45) is 17.4 Å². The summed E-state index contributed by atoms with van der Waals surface area (Å²) in [6.45, 7) is 14.1. The Hall–Kier alpha value is -3.91. The average molecular weight is 652 g/mol. The molecule has 0 saturated carbocycles. The number of rotatable bonds is 19. The fourth-order valence-corrected chi connectivity index (χ4v) is 3.90. The fraction of sp³-hybridized carbons (Fsp3) is 0.656. The zero-order valence-electron chi connectivity index (χ0n) is 28.8. The maximum atomic E-state index is 13.3. The molecule has 3 unspecified atom stereocenters. The van der Waals surface area contributed by atoms with E-state index in [0.29, 0.717) is 37.1 Å². The highest BCUT2D eigenvalue weighted by Crippen LogP contribution is 2.13. The third-order valence-electron chi connectivity index (χ3n) is 6.59. The third kappa shape index (κ3) is 19.5. The van der Waals surface area contributed by atoms with Crippen LogP contribution in [0.4, 0.5) is 15.3 Å². The van der Waals surface area contributed by atoms with E-state index in [1.807, 2.05) is 34.6 Å². The Morgan fingerprint density at radius 3 is 2.11 bits per heavy atom. The molecule has 46 heavy (non-hydrogen) atoms. The first-order valence-electron chi connectivity index (χ1n) is 15.9. The molecule has 3 atom stereocenters. The van der Waals surface area contributed by atoms with Crippen molar-refractivity contribution in [2.75, 3.05) is 25.5 Å². The molecule has 1 aromatic rings. The molecule has 0 aliphatic carbocycles. The quantitative estimate of drug-likeness (QED) is 0.110. The van der Waals surface area contributed by atoms with Crippen LogP contribution in [0.25, 0.3) is 0 Å². The number of hydrogen-bond donors (Lipinski definition) is 7. The van der Waals surface area contributed by atoms with Gasteiger partial charge in [0.15, 0.2) is 0 Å². The van der Waals surface area contributed by atoms with Crippen LogP contribution in [0.3, 0.4) is 0 Å². The molecular weight excluding hydrogens is 594 g/mol. The molecule has 1 rings (SSSR count). The zero-order chi connectivity index (χ0) is 35.3. The second-order valence-corrected chi connectivity index (χ2v) is 11.8. The molecule has 0 aliphatic rings. The number of hydrogen-bond acceptors (Lipinski definition) is 8. The van der Waals surface area contributed by atoms with Crippen molar-refractivity contribution >= 4 is 35.5 Å². The van der Waals surface area contributed by atoms with Gasteiger partial charge in [-0.1, -0.05) is 39.8 Å². The first-order chi connectivity index (χ1) is 21.6. The number of benzene rings is 1. The van der Waals surface area contributed by atoms with Gasteiger partial charge in [-0.25, -0.2) is 9.59 Å². The van der Waals surface area contributed by atoms with Crippen molar-refractivity contribution in [3.05, 3.63) is 29.8 Å². The Labute approximate surface area is 273 Å². The summed E-state index contributed by atoms with van der Waals surface area (Å²) in [7, 11) is 1.46. The standard InChI is InChI=1S/C30H51N7O7.C2H6/c1-19(2)25(37-24(38)14-9-20(3)43-17-15-30(4,5)32)27(40)36-23(8-7-16-34-28(31)41)26(39)35-22-12-10-21(11-13-22)18-44-29(42)33-6;1-2/h10-13,19-20,23,25H,7-9,14-18,32H2,1-6H3,(H,33,42)(H,35,39)(H,36,40)(H,37,38)(H3,31,34,41);1-2H3. The number of alkyl carbamates (subject to hydrolysis) is 1. The Balaban J connectivity index is 0.00000991. The lowest BCUT2D eigenvalue weighted by molar-refractivity contribution is -0.132. The van der Waals surface area contributed by atoms with E-state index in [9.17, 15) is 24.0 Å².